The Morgan fingerprint density at radius 3 is 1.80 bits per heavy atom. The highest BCUT2D eigenvalue weighted by atomic mass is 19.2. The molecule has 0 saturated heterocycles. The Morgan fingerprint density at radius 2 is 1.15 bits per heavy atom. The van der Waals surface area contributed by atoms with Gasteiger partial charge >= 0.3 is 0 Å². The van der Waals surface area contributed by atoms with Crippen molar-refractivity contribution in [2.24, 2.45) is 11.8 Å². The quantitative estimate of drug-likeness (QED) is 0.385. The van der Waals surface area contributed by atoms with Gasteiger partial charge in [-0.3, -0.25) is 0 Å². The Morgan fingerprint density at radius 1 is 0.600 bits per heavy atom. The van der Waals surface area contributed by atoms with Gasteiger partial charge in [-0.25, -0.2) is 22.0 Å². The van der Waals surface area contributed by atoms with Gasteiger partial charge in [0.25, 0.3) is 0 Å². The number of benzene rings is 1. The average Bonchev–Trinajstić information content (AvgIpc) is 2.87. The molecule has 1 aromatic carbocycles. The molecule has 2 unspecified atom stereocenters. The standard InChI is InChI=1S/C15H15F5/c16-11-10(12(17)14(19)15(20)13(11)18)9-6-5-7-3-1-2-4-8(7)9/h7-9H,1-6H2/t7?,8-,9?/m1/s1. The van der Waals surface area contributed by atoms with E-state index in [-0.39, 0.29) is 5.92 Å². The van der Waals surface area contributed by atoms with E-state index >= 15 is 0 Å². The summed E-state index contributed by atoms with van der Waals surface area (Å²) >= 11 is 0. The summed E-state index contributed by atoms with van der Waals surface area (Å²) in [4.78, 5) is 0. The summed E-state index contributed by atoms with van der Waals surface area (Å²) in [6, 6.07) is 0. The Balaban J connectivity index is 2.06. The summed E-state index contributed by atoms with van der Waals surface area (Å²) in [5.74, 6) is -9.11. The lowest BCUT2D eigenvalue weighted by atomic mass is 9.76. The van der Waals surface area contributed by atoms with Crippen LogP contribution in [-0.4, -0.2) is 0 Å². The number of halogens is 5. The highest BCUT2D eigenvalue weighted by molar-refractivity contribution is 5.29. The summed E-state index contributed by atoms with van der Waals surface area (Å²) in [5, 5.41) is 0. The lowest BCUT2D eigenvalue weighted by Gasteiger charge is -2.29. The molecule has 3 atom stereocenters. The lowest BCUT2D eigenvalue weighted by molar-refractivity contribution is 0.251. The first-order valence-corrected chi connectivity index (χ1v) is 7.03. The van der Waals surface area contributed by atoms with Crippen molar-refractivity contribution in [3.8, 4) is 0 Å². The SMILES string of the molecule is Fc1c(F)c(F)c(C2CCC3CCCC[C@H]32)c(F)c1F. The van der Waals surface area contributed by atoms with E-state index in [9.17, 15) is 22.0 Å². The molecule has 2 aliphatic rings. The molecule has 0 heterocycles. The summed E-state index contributed by atoms with van der Waals surface area (Å²) < 4.78 is 67.5. The first-order valence-electron chi connectivity index (χ1n) is 7.03. The molecule has 1 aromatic rings. The van der Waals surface area contributed by atoms with Crippen molar-refractivity contribution in [1.82, 2.24) is 0 Å². The zero-order valence-electron chi connectivity index (χ0n) is 10.9. The van der Waals surface area contributed by atoms with Crippen LogP contribution >= 0.6 is 0 Å². The predicted octanol–water partition coefficient (Wildman–Crippen LogP) is 5.07. The molecule has 0 aromatic heterocycles. The molecule has 5 heteroatoms. The first-order chi connectivity index (χ1) is 9.52. The van der Waals surface area contributed by atoms with Crippen LogP contribution in [0.3, 0.4) is 0 Å². The highest BCUT2D eigenvalue weighted by Crippen LogP contribution is 2.51. The zero-order valence-corrected chi connectivity index (χ0v) is 10.9. The van der Waals surface area contributed by atoms with Gasteiger partial charge in [0.15, 0.2) is 23.3 Å². The maximum atomic E-state index is 13.9. The van der Waals surface area contributed by atoms with E-state index in [2.05, 4.69) is 0 Å². The molecule has 0 bridgehead atoms. The van der Waals surface area contributed by atoms with Crippen LogP contribution in [0.2, 0.25) is 0 Å². The second kappa shape index (κ2) is 5.01. The minimum atomic E-state index is -2.07. The third-order valence-corrected chi connectivity index (χ3v) is 4.95. The van der Waals surface area contributed by atoms with Crippen molar-refractivity contribution in [2.75, 3.05) is 0 Å². The molecule has 0 radical (unpaired) electrons. The molecule has 0 nitrogen and oxygen atoms in total. The van der Waals surface area contributed by atoms with Gasteiger partial charge in [0.05, 0.1) is 0 Å². The van der Waals surface area contributed by atoms with Crippen LogP contribution in [0.25, 0.3) is 0 Å². The molecular formula is C15H15F5. The Kier molecular flexibility index (Phi) is 3.46. The fraction of sp³-hybridized carbons (Fsp3) is 0.600. The van der Waals surface area contributed by atoms with Crippen molar-refractivity contribution < 1.29 is 22.0 Å². The van der Waals surface area contributed by atoms with Crippen LogP contribution in [0.15, 0.2) is 0 Å². The Hall–Kier alpha value is -1.13. The van der Waals surface area contributed by atoms with Crippen molar-refractivity contribution in [3.05, 3.63) is 34.6 Å². The topological polar surface area (TPSA) is 0 Å². The van der Waals surface area contributed by atoms with Gasteiger partial charge in [0, 0.05) is 5.56 Å². The van der Waals surface area contributed by atoms with Gasteiger partial charge in [0.1, 0.15) is 0 Å². The summed E-state index contributed by atoms with van der Waals surface area (Å²) in [6.07, 6.45) is 5.19. The van der Waals surface area contributed by atoms with Gasteiger partial charge in [0.2, 0.25) is 5.82 Å². The van der Waals surface area contributed by atoms with Gasteiger partial charge < -0.3 is 0 Å². The van der Waals surface area contributed by atoms with E-state index in [0.717, 1.165) is 32.1 Å². The third-order valence-electron chi connectivity index (χ3n) is 4.95. The smallest absolute Gasteiger partial charge is 0.200 e. The zero-order chi connectivity index (χ0) is 14.4. The van der Waals surface area contributed by atoms with Crippen molar-refractivity contribution in [1.29, 1.82) is 0 Å². The van der Waals surface area contributed by atoms with E-state index in [4.69, 9.17) is 0 Å². The molecule has 3 rings (SSSR count). The third kappa shape index (κ3) is 1.93. The molecule has 0 aliphatic heterocycles. The molecular weight excluding hydrogens is 275 g/mol. The molecule has 0 spiro atoms. The molecule has 0 amide bonds. The molecule has 110 valence electrons. The van der Waals surface area contributed by atoms with E-state index in [1.165, 1.54) is 0 Å². The minimum Gasteiger partial charge on any atom is -0.203 e. The predicted molar refractivity (Wildman–Crippen MR) is 63.7 cm³/mol. The fourth-order valence-electron chi connectivity index (χ4n) is 4.04. The van der Waals surface area contributed by atoms with E-state index in [0.29, 0.717) is 12.3 Å². The maximum Gasteiger partial charge on any atom is 0.200 e. The number of fused-ring (bicyclic) bond motifs is 1. The van der Waals surface area contributed by atoms with Crippen LogP contribution in [-0.2, 0) is 0 Å². The van der Waals surface area contributed by atoms with Crippen LogP contribution < -0.4 is 0 Å². The van der Waals surface area contributed by atoms with Gasteiger partial charge in [-0.15, -0.1) is 0 Å². The fourth-order valence-corrected chi connectivity index (χ4v) is 4.04. The Bertz CT molecular complexity index is 511. The summed E-state index contributed by atoms with van der Waals surface area (Å²) in [7, 11) is 0. The maximum absolute atomic E-state index is 13.9. The minimum absolute atomic E-state index is 0.0528. The van der Waals surface area contributed by atoms with Gasteiger partial charge in [-0.1, -0.05) is 19.3 Å². The Labute approximate surface area is 114 Å². The van der Waals surface area contributed by atoms with E-state index in [1.54, 1.807) is 0 Å². The van der Waals surface area contributed by atoms with Crippen molar-refractivity contribution in [3.63, 3.8) is 0 Å². The lowest BCUT2D eigenvalue weighted by Crippen LogP contribution is -2.21. The van der Waals surface area contributed by atoms with E-state index in [1.807, 2.05) is 0 Å². The second-order valence-corrected chi connectivity index (χ2v) is 5.88. The van der Waals surface area contributed by atoms with Crippen molar-refractivity contribution in [2.45, 2.75) is 44.4 Å². The number of hydrogen-bond donors (Lipinski definition) is 0. The average molecular weight is 290 g/mol. The van der Waals surface area contributed by atoms with Crippen LogP contribution in [0.5, 0.6) is 0 Å². The normalized spacial score (nSPS) is 29.6. The summed E-state index contributed by atoms with van der Waals surface area (Å²) in [5.41, 5.74) is -0.587. The molecule has 2 aliphatic carbocycles. The first kappa shape index (κ1) is 13.8. The van der Waals surface area contributed by atoms with Gasteiger partial charge in [-0.05, 0) is 37.0 Å². The molecule has 2 saturated carbocycles. The second-order valence-electron chi connectivity index (χ2n) is 5.88. The molecule has 20 heavy (non-hydrogen) atoms. The number of hydrogen-bond acceptors (Lipinski definition) is 0. The molecule has 0 N–H and O–H groups in total. The van der Waals surface area contributed by atoms with Crippen LogP contribution in [0.1, 0.15) is 50.0 Å². The van der Waals surface area contributed by atoms with Crippen LogP contribution in [0, 0.1) is 40.9 Å². The van der Waals surface area contributed by atoms with Crippen molar-refractivity contribution >= 4 is 0 Å². The summed E-state index contributed by atoms with van der Waals surface area (Å²) in [6.45, 7) is 0. The number of rotatable bonds is 1. The van der Waals surface area contributed by atoms with E-state index < -0.39 is 40.6 Å². The van der Waals surface area contributed by atoms with Gasteiger partial charge in [-0.2, -0.15) is 0 Å². The monoisotopic (exact) mass is 290 g/mol. The molecule has 2 fully saturated rings. The highest BCUT2D eigenvalue weighted by Gasteiger charge is 2.42. The largest absolute Gasteiger partial charge is 0.203 e. The van der Waals surface area contributed by atoms with Crippen LogP contribution in [0.4, 0.5) is 22.0 Å².